The number of halogens is 3. The molecule has 7 nitrogen and oxygen atoms in total. The van der Waals surface area contributed by atoms with Gasteiger partial charge in [-0.15, -0.1) is 13.2 Å². The summed E-state index contributed by atoms with van der Waals surface area (Å²) < 4.78 is 54.7. The molecule has 37 heavy (non-hydrogen) atoms. The van der Waals surface area contributed by atoms with Gasteiger partial charge in [-0.05, 0) is 54.5 Å². The van der Waals surface area contributed by atoms with Crippen LogP contribution in [0.3, 0.4) is 0 Å². The summed E-state index contributed by atoms with van der Waals surface area (Å²) in [5.74, 6) is -0.000521. The van der Waals surface area contributed by atoms with Gasteiger partial charge in [-0.2, -0.15) is 5.10 Å². The van der Waals surface area contributed by atoms with Crippen molar-refractivity contribution in [2.45, 2.75) is 51.8 Å². The molecule has 200 valence electrons. The minimum absolute atomic E-state index is 0.0172. The highest BCUT2D eigenvalue weighted by Gasteiger charge is 2.46. The zero-order chi connectivity index (χ0) is 26.3. The molecule has 0 amide bonds. The first-order valence-corrected chi connectivity index (χ1v) is 12.3. The van der Waals surface area contributed by atoms with E-state index in [0.29, 0.717) is 38.5 Å². The van der Waals surface area contributed by atoms with Gasteiger partial charge in [0.2, 0.25) is 0 Å². The molecule has 3 aromatic rings. The summed E-state index contributed by atoms with van der Waals surface area (Å²) in [4.78, 5) is 4.02. The maximum absolute atomic E-state index is 12.4. The van der Waals surface area contributed by atoms with Crippen LogP contribution in [0.4, 0.5) is 13.2 Å². The molecule has 1 N–H and O–H groups in total. The highest BCUT2D eigenvalue weighted by Crippen LogP contribution is 2.45. The smallest absolute Gasteiger partial charge is 0.493 e. The van der Waals surface area contributed by atoms with Gasteiger partial charge in [-0.3, -0.25) is 4.68 Å². The molecule has 0 spiro atoms. The van der Waals surface area contributed by atoms with Gasteiger partial charge in [0, 0.05) is 25.0 Å². The topological polar surface area (TPSA) is 78.6 Å². The molecular weight excluding hydrogens is 487 g/mol. The zero-order valence-electron chi connectivity index (χ0n) is 20.7. The van der Waals surface area contributed by atoms with Gasteiger partial charge in [0.15, 0.2) is 0 Å². The number of ether oxygens (including phenoxy) is 3. The van der Waals surface area contributed by atoms with Gasteiger partial charge in [0.25, 0.3) is 0 Å². The summed E-state index contributed by atoms with van der Waals surface area (Å²) in [7, 11) is 0. The number of hydrogen-bond donors (Lipinski definition) is 1. The minimum Gasteiger partial charge on any atom is -0.493 e. The largest absolute Gasteiger partial charge is 0.573 e. The Hall–Kier alpha value is -3.11. The standard InChI is InChI=1S/C27H32F3N3O4/c1-26(13-14-35-16-20-5-3-2-4-6-20)12-11-21(24(25(26)34)15-33-19-31-18-32-33)17-36-22-7-9-23(10-8-22)37-27(28,29)30/h2-10,18-19,21,24-25,34H,11-17H2,1H3/t21-,24-,25+,26-/m0/s1. The second-order valence-electron chi connectivity index (χ2n) is 9.80. The lowest BCUT2D eigenvalue weighted by atomic mass is 9.63. The Labute approximate surface area is 214 Å². The quantitative estimate of drug-likeness (QED) is 0.349. The van der Waals surface area contributed by atoms with Crippen LogP contribution in [0.15, 0.2) is 67.3 Å². The Bertz CT molecular complexity index is 1080. The average molecular weight is 520 g/mol. The second kappa shape index (κ2) is 12.0. The van der Waals surface area contributed by atoms with E-state index in [1.54, 1.807) is 11.0 Å². The SMILES string of the molecule is C[C@@]1(CCOCc2ccccc2)CC[C@@H](COc2ccc(OC(F)(F)F)cc2)[C@H](Cn2cncn2)[C@H]1O. The van der Waals surface area contributed by atoms with E-state index in [9.17, 15) is 18.3 Å². The predicted molar refractivity (Wildman–Crippen MR) is 130 cm³/mol. The first-order chi connectivity index (χ1) is 17.7. The lowest BCUT2D eigenvalue weighted by Gasteiger charge is -2.47. The van der Waals surface area contributed by atoms with Crippen LogP contribution < -0.4 is 9.47 Å². The summed E-state index contributed by atoms with van der Waals surface area (Å²) in [5, 5.41) is 15.7. The van der Waals surface area contributed by atoms with E-state index >= 15 is 0 Å². The van der Waals surface area contributed by atoms with Crippen molar-refractivity contribution in [3.05, 3.63) is 72.8 Å². The molecule has 0 aliphatic heterocycles. The fraction of sp³-hybridized carbons (Fsp3) is 0.481. The van der Waals surface area contributed by atoms with Crippen molar-refractivity contribution < 1.29 is 32.5 Å². The van der Waals surface area contributed by atoms with E-state index < -0.39 is 12.5 Å². The zero-order valence-corrected chi connectivity index (χ0v) is 20.7. The molecule has 1 aliphatic rings. The summed E-state index contributed by atoms with van der Waals surface area (Å²) in [6, 6.07) is 15.3. The third-order valence-electron chi connectivity index (χ3n) is 7.13. The molecule has 2 aromatic carbocycles. The van der Waals surface area contributed by atoms with Gasteiger partial charge in [-0.25, -0.2) is 4.98 Å². The molecule has 1 heterocycles. The van der Waals surface area contributed by atoms with Crippen LogP contribution in [-0.4, -0.2) is 45.6 Å². The summed E-state index contributed by atoms with van der Waals surface area (Å²) in [6.07, 6.45) is 0.0458. The van der Waals surface area contributed by atoms with E-state index in [2.05, 4.69) is 21.7 Å². The molecule has 0 unspecified atom stereocenters. The predicted octanol–water partition coefficient (Wildman–Crippen LogP) is 5.26. The van der Waals surface area contributed by atoms with Gasteiger partial charge < -0.3 is 19.3 Å². The summed E-state index contributed by atoms with van der Waals surface area (Å²) >= 11 is 0. The maximum atomic E-state index is 12.4. The van der Waals surface area contributed by atoms with Gasteiger partial charge in [0.1, 0.15) is 24.2 Å². The Kier molecular flexibility index (Phi) is 8.71. The monoisotopic (exact) mass is 519 g/mol. The Morgan fingerprint density at radius 1 is 1.08 bits per heavy atom. The molecule has 0 saturated heterocycles. The number of aromatic nitrogens is 3. The lowest BCUT2D eigenvalue weighted by molar-refractivity contribution is -0.274. The molecule has 1 fully saturated rings. The van der Waals surface area contributed by atoms with Crippen LogP contribution in [0.2, 0.25) is 0 Å². The molecule has 1 aromatic heterocycles. The van der Waals surface area contributed by atoms with E-state index in [1.165, 1.54) is 30.6 Å². The summed E-state index contributed by atoms with van der Waals surface area (Å²) in [5.41, 5.74) is 0.769. The van der Waals surface area contributed by atoms with Gasteiger partial charge >= 0.3 is 6.36 Å². The second-order valence-corrected chi connectivity index (χ2v) is 9.80. The number of alkyl halides is 3. The molecular formula is C27H32F3N3O4. The molecule has 0 bridgehead atoms. The fourth-order valence-corrected chi connectivity index (χ4v) is 4.93. The molecule has 4 atom stereocenters. The van der Waals surface area contributed by atoms with Crippen molar-refractivity contribution in [2.75, 3.05) is 13.2 Å². The number of hydrogen-bond acceptors (Lipinski definition) is 6. The molecule has 0 radical (unpaired) electrons. The Morgan fingerprint density at radius 3 is 2.49 bits per heavy atom. The van der Waals surface area contributed by atoms with Gasteiger partial charge in [-0.1, -0.05) is 37.3 Å². The number of rotatable bonds is 11. The van der Waals surface area contributed by atoms with Crippen molar-refractivity contribution >= 4 is 0 Å². The van der Waals surface area contributed by atoms with E-state index in [-0.39, 0.29) is 23.0 Å². The van der Waals surface area contributed by atoms with E-state index in [4.69, 9.17) is 9.47 Å². The molecule has 1 saturated carbocycles. The minimum atomic E-state index is -4.74. The normalized spacial score (nSPS) is 24.1. The number of nitrogens with zero attached hydrogens (tertiary/aromatic N) is 3. The van der Waals surface area contributed by atoms with Crippen molar-refractivity contribution in [2.24, 2.45) is 17.3 Å². The first-order valence-electron chi connectivity index (χ1n) is 12.3. The average Bonchev–Trinajstić information content (AvgIpc) is 3.38. The third kappa shape index (κ3) is 7.69. The van der Waals surface area contributed by atoms with E-state index in [0.717, 1.165) is 18.4 Å². The van der Waals surface area contributed by atoms with Crippen molar-refractivity contribution in [3.63, 3.8) is 0 Å². The van der Waals surface area contributed by atoms with Crippen LogP contribution in [0, 0.1) is 17.3 Å². The first kappa shape index (κ1) is 26.9. The van der Waals surface area contributed by atoms with Crippen LogP contribution in [0.25, 0.3) is 0 Å². The van der Waals surface area contributed by atoms with Crippen LogP contribution in [0.5, 0.6) is 11.5 Å². The van der Waals surface area contributed by atoms with Crippen LogP contribution in [-0.2, 0) is 17.9 Å². The van der Waals surface area contributed by atoms with Crippen LogP contribution in [0.1, 0.15) is 31.7 Å². The third-order valence-corrected chi connectivity index (χ3v) is 7.13. The van der Waals surface area contributed by atoms with Crippen molar-refractivity contribution in [1.82, 2.24) is 14.8 Å². The summed E-state index contributed by atoms with van der Waals surface area (Å²) in [6.45, 7) is 3.95. The van der Waals surface area contributed by atoms with Crippen molar-refractivity contribution in [3.8, 4) is 11.5 Å². The maximum Gasteiger partial charge on any atom is 0.573 e. The highest BCUT2D eigenvalue weighted by atomic mass is 19.4. The number of aliphatic hydroxyl groups is 1. The van der Waals surface area contributed by atoms with Crippen molar-refractivity contribution in [1.29, 1.82) is 0 Å². The Morgan fingerprint density at radius 2 is 1.81 bits per heavy atom. The van der Waals surface area contributed by atoms with E-state index in [1.807, 2.05) is 30.3 Å². The number of aliphatic hydroxyl groups excluding tert-OH is 1. The molecule has 4 rings (SSSR count). The lowest BCUT2D eigenvalue weighted by Crippen LogP contribution is -2.49. The molecule has 10 heteroatoms. The van der Waals surface area contributed by atoms with Gasteiger partial charge in [0.05, 0.1) is 19.3 Å². The Balaban J connectivity index is 1.36. The van der Waals surface area contributed by atoms with Crippen LogP contribution >= 0.6 is 0 Å². The fourth-order valence-electron chi connectivity index (χ4n) is 4.93. The molecule has 1 aliphatic carbocycles. The highest BCUT2D eigenvalue weighted by molar-refractivity contribution is 5.31. The number of benzene rings is 2.